The van der Waals surface area contributed by atoms with Crippen molar-refractivity contribution in [2.45, 2.75) is 32.0 Å². The summed E-state index contributed by atoms with van der Waals surface area (Å²) in [7, 11) is 0. The van der Waals surface area contributed by atoms with Crippen molar-refractivity contribution in [3.8, 4) is 5.75 Å². The Hall–Kier alpha value is -2.33. The Morgan fingerprint density at radius 3 is 2.57 bits per heavy atom. The Balaban J connectivity index is 1.48. The molecule has 1 aliphatic rings. The lowest BCUT2D eigenvalue weighted by Gasteiger charge is -2.22. The topological polar surface area (TPSA) is 50.4 Å². The molecule has 2 aromatic carbocycles. The second kappa shape index (κ2) is 7.79. The Kier molecular flexibility index (Phi) is 5.27. The Morgan fingerprint density at radius 2 is 1.83 bits per heavy atom. The van der Waals surface area contributed by atoms with Gasteiger partial charge in [0.2, 0.25) is 5.91 Å². The molecule has 120 valence electrons. The van der Waals surface area contributed by atoms with Crippen LogP contribution in [0.25, 0.3) is 0 Å². The number of benzene rings is 2. The number of hydrogen-bond donors (Lipinski definition) is 2. The highest BCUT2D eigenvalue weighted by atomic mass is 16.5. The number of amides is 1. The Labute approximate surface area is 136 Å². The van der Waals surface area contributed by atoms with Gasteiger partial charge in [-0.1, -0.05) is 42.5 Å². The van der Waals surface area contributed by atoms with Crippen LogP contribution >= 0.6 is 0 Å². The zero-order valence-corrected chi connectivity index (χ0v) is 13.1. The third-order valence-electron chi connectivity index (χ3n) is 4.01. The largest absolute Gasteiger partial charge is 0.489 e. The van der Waals surface area contributed by atoms with Crippen LogP contribution < -0.4 is 15.4 Å². The van der Waals surface area contributed by atoms with Crippen molar-refractivity contribution in [2.24, 2.45) is 0 Å². The molecule has 1 unspecified atom stereocenters. The molecule has 0 saturated carbocycles. The molecular weight excluding hydrogens is 288 g/mol. The molecule has 3 rings (SSSR count). The van der Waals surface area contributed by atoms with Crippen LogP contribution in [0.2, 0.25) is 0 Å². The van der Waals surface area contributed by atoms with E-state index in [1.807, 2.05) is 54.6 Å². The standard InChI is InChI=1S/C19H22N2O2/c22-19-18(7-4-12-20-19)21-13-15-8-10-17(11-9-15)23-14-16-5-2-1-3-6-16/h1-3,5-6,8-11,18,21H,4,7,12-14H2,(H,20,22). The molecule has 4 heteroatoms. The van der Waals surface area contributed by atoms with Crippen LogP contribution in [0.5, 0.6) is 5.75 Å². The third kappa shape index (κ3) is 4.57. The van der Waals surface area contributed by atoms with Crippen LogP contribution in [-0.4, -0.2) is 18.5 Å². The summed E-state index contributed by atoms with van der Waals surface area (Å²) < 4.78 is 5.77. The quantitative estimate of drug-likeness (QED) is 0.862. The average molecular weight is 310 g/mol. The van der Waals surface area contributed by atoms with Gasteiger partial charge in [0.1, 0.15) is 12.4 Å². The second-order valence-electron chi connectivity index (χ2n) is 5.78. The van der Waals surface area contributed by atoms with E-state index in [2.05, 4.69) is 10.6 Å². The minimum absolute atomic E-state index is 0.0715. The molecule has 0 spiro atoms. The SMILES string of the molecule is O=C1NCCCC1NCc1ccc(OCc2ccccc2)cc1. The highest BCUT2D eigenvalue weighted by Crippen LogP contribution is 2.14. The van der Waals surface area contributed by atoms with E-state index in [0.29, 0.717) is 13.2 Å². The van der Waals surface area contributed by atoms with E-state index >= 15 is 0 Å². The molecule has 1 fully saturated rings. The first-order chi connectivity index (χ1) is 11.3. The molecule has 4 nitrogen and oxygen atoms in total. The van der Waals surface area contributed by atoms with Crippen LogP contribution in [0.1, 0.15) is 24.0 Å². The van der Waals surface area contributed by atoms with Crippen LogP contribution in [0, 0.1) is 0 Å². The summed E-state index contributed by atoms with van der Waals surface area (Å²) in [4.78, 5) is 11.7. The van der Waals surface area contributed by atoms with E-state index in [1.54, 1.807) is 0 Å². The van der Waals surface area contributed by atoms with Gasteiger partial charge in [-0.2, -0.15) is 0 Å². The molecular formula is C19H22N2O2. The first kappa shape index (κ1) is 15.6. The van der Waals surface area contributed by atoms with E-state index in [1.165, 1.54) is 0 Å². The summed E-state index contributed by atoms with van der Waals surface area (Å²) in [5, 5.41) is 6.20. The molecule has 1 aliphatic heterocycles. The molecule has 0 aliphatic carbocycles. The first-order valence-corrected chi connectivity index (χ1v) is 8.08. The molecule has 0 bridgehead atoms. The van der Waals surface area contributed by atoms with Crippen molar-refractivity contribution in [1.82, 2.24) is 10.6 Å². The molecule has 23 heavy (non-hydrogen) atoms. The number of piperidine rings is 1. The molecule has 2 aromatic rings. The maximum absolute atomic E-state index is 11.7. The van der Waals surface area contributed by atoms with E-state index in [0.717, 1.165) is 36.3 Å². The lowest BCUT2D eigenvalue weighted by molar-refractivity contribution is -0.124. The van der Waals surface area contributed by atoms with Crippen LogP contribution in [-0.2, 0) is 17.9 Å². The first-order valence-electron chi connectivity index (χ1n) is 8.08. The van der Waals surface area contributed by atoms with Gasteiger partial charge in [0.05, 0.1) is 6.04 Å². The number of carbonyl (C=O) groups excluding carboxylic acids is 1. The summed E-state index contributed by atoms with van der Waals surface area (Å²) in [6.45, 7) is 2.06. The van der Waals surface area contributed by atoms with Crippen molar-refractivity contribution in [1.29, 1.82) is 0 Å². The van der Waals surface area contributed by atoms with Gasteiger partial charge in [-0.25, -0.2) is 0 Å². The van der Waals surface area contributed by atoms with Gasteiger partial charge >= 0.3 is 0 Å². The van der Waals surface area contributed by atoms with Crippen LogP contribution in [0.3, 0.4) is 0 Å². The number of carbonyl (C=O) groups is 1. The van der Waals surface area contributed by atoms with Gasteiger partial charge in [-0.3, -0.25) is 4.79 Å². The molecule has 1 heterocycles. The van der Waals surface area contributed by atoms with Gasteiger partial charge in [0.15, 0.2) is 0 Å². The number of ether oxygens (including phenoxy) is 1. The predicted molar refractivity (Wildman–Crippen MR) is 90.1 cm³/mol. The van der Waals surface area contributed by atoms with E-state index in [4.69, 9.17) is 4.74 Å². The summed E-state index contributed by atoms with van der Waals surface area (Å²) >= 11 is 0. The zero-order valence-electron chi connectivity index (χ0n) is 13.1. The minimum Gasteiger partial charge on any atom is -0.489 e. The number of hydrogen-bond acceptors (Lipinski definition) is 3. The van der Waals surface area contributed by atoms with Gasteiger partial charge in [0.25, 0.3) is 0 Å². The smallest absolute Gasteiger partial charge is 0.237 e. The predicted octanol–water partition coefficient (Wildman–Crippen LogP) is 2.63. The fourth-order valence-electron chi connectivity index (χ4n) is 2.65. The zero-order chi connectivity index (χ0) is 15.9. The molecule has 1 saturated heterocycles. The van der Waals surface area contributed by atoms with Crippen molar-refractivity contribution >= 4 is 5.91 Å². The van der Waals surface area contributed by atoms with Gasteiger partial charge in [-0.05, 0) is 36.1 Å². The normalized spacial score (nSPS) is 17.6. The molecule has 2 N–H and O–H groups in total. The monoisotopic (exact) mass is 310 g/mol. The molecule has 1 atom stereocenters. The van der Waals surface area contributed by atoms with Gasteiger partial charge in [0, 0.05) is 13.1 Å². The summed E-state index contributed by atoms with van der Waals surface area (Å²) in [5.41, 5.74) is 2.30. The second-order valence-corrected chi connectivity index (χ2v) is 5.78. The van der Waals surface area contributed by atoms with Gasteiger partial charge in [-0.15, -0.1) is 0 Å². The number of nitrogens with one attached hydrogen (secondary N) is 2. The fourth-order valence-corrected chi connectivity index (χ4v) is 2.65. The van der Waals surface area contributed by atoms with E-state index < -0.39 is 0 Å². The maximum Gasteiger partial charge on any atom is 0.237 e. The Morgan fingerprint density at radius 1 is 1.04 bits per heavy atom. The summed E-state index contributed by atoms with van der Waals surface area (Å²) in [5.74, 6) is 0.965. The highest BCUT2D eigenvalue weighted by Gasteiger charge is 2.20. The Bertz CT molecular complexity index is 626. The third-order valence-corrected chi connectivity index (χ3v) is 4.01. The van der Waals surface area contributed by atoms with Crippen molar-refractivity contribution in [3.63, 3.8) is 0 Å². The number of rotatable bonds is 6. The highest BCUT2D eigenvalue weighted by molar-refractivity contribution is 5.82. The maximum atomic E-state index is 11.7. The molecule has 1 amide bonds. The average Bonchev–Trinajstić information content (AvgIpc) is 2.61. The summed E-state index contributed by atoms with van der Waals surface area (Å²) in [6, 6.07) is 18.1. The minimum atomic E-state index is -0.0715. The lowest BCUT2D eigenvalue weighted by atomic mass is 10.1. The lowest BCUT2D eigenvalue weighted by Crippen LogP contribution is -2.47. The molecule has 0 aromatic heterocycles. The van der Waals surface area contributed by atoms with Gasteiger partial charge < -0.3 is 15.4 Å². The van der Waals surface area contributed by atoms with Crippen molar-refractivity contribution < 1.29 is 9.53 Å². The summed E-state index contributed by atoms with van der Waals surface area (Å²) in [6.07, 6.45) is 1.94. The molecule has 0 radical (unpaired) electrons. The van der Waals surface area contributed by atoms with Crippen LogP contribution in [0.15, 0.2) is 54.6 Å². The van der Waals surface area contributed by atoms with Crippen molar-refractivity contribution in [3.05, 3.63) is 65.7 Å². The fraction of sp³-hybridized carbons (Fsp3) is 0.316. The van der Waals surface area contributed by atoms with E-state index in [9.17, 15) is 4.79 Å². The van der Waals surface area contributed by atoms with E-state index in [-0.39, 0.29) is 11.9 Å². The van der Waals surface area contributed by atoms with Crippen LogP contribution in [0.4, 0.5) is 0 Å². The van der Waals surface area contributed by atoms with Crippen molar-refractivity contribution in [2.75, 3.05) is 6.54 Å².